The average Bonchev–Trinajstić information content (AvgIpc) is 3.29. The van der Waals surface area contributed by atoms with Crippen LogP contribution in [-0.4, -0.2) is 41.0 Å². The summed E-state index contributed by atoms with van der Waals surface area (Å²) in [6, 6.07) is 16.3. The summed E-state index contributed by atoms with van der Waals surface area (Å²) >= 11 is 0. The van der Waals surface area contributed by atoms with Crippen LogP contribution in [0.2, 0.25) is 0 Å². The van der Waals surface area contributed by atoms with Crippen molar-refractivity contribution in [3.8, 4) is 23.1 Å². The van der Waals surface area contributed by atoms with E-state index in [0.29, 0.717) is 29.1 Å². The molecule has 0 radical (unpaired) electrons. The molecule has 4 rings (SSSR count). The molecule has 1 N–H and O–H groups in total. The van der Waals surface area contributed by atoms with E-state index in [1.165, 1.54) is 48.2 Å². The summed E-state index contributed by atoms with van der Waals surface area (Å²) in [7, 11) is 1.51. The smallest absolute Gasteiger partial charge is 0.416 e. The summed E-state index contributed by atoms with van der Waals surface area (Å²) in [4.78, 5) is 16.7. The van der Waals surface area contributed by atoms with Gasteiger partial charge >= 0.3 is 12.2 Å². The van der Waals surface area contributed by atoms with Gasteiger partial charge in [0.25, 0.3) is 5.91 Å². The Kier molecular flexibility index (Phi) is 7.30. The Morgan fingerprint density at radius 1 is 0.944 bits per heavy atom. The fourth-order valence-corrected chi connectivity index (χ4v) is 3.24. The van der Waals surface area contributed by atoms with Gasteiger partial charge in [-0.2, -0.15) is 18.2 Å². The van der Waals surface area contributed by atoms with Gasteiger partial charge in [0.1, 0.15) is 12.4 Å². The Balaban J connectivity index is 1.60. The molecule has 0 fully saturated rings. The van der Waals surface area contributed by atoms with Crippen molar-refractivity contribution in [3.05, 3.63) is 89.7 Å². The molecule has 1 aromatic heterocycles. The summed E-state index contributed by atoms with van der Waals surface area (Å²) in [5.41, 5.74) is 0.903. The first-order valence-electron chi connectivity index (χ1n) is 10.7. The lowest BCUT2D eigenvalue weighted by molar-refractivity contribution is -0.137. The minimum Gasteiger partial charge on any atom is -0.460 e. The van der Waals surface area contributed by atoms with Gasteiger partial charge in [-0.05, 0) is 60.7 Å². The van der Waals surface area contributed by atoms with Gasteiger partial charge in [0, 0.05) is 23.9 Å². The maximum Gasteiger partial charge on any atom is 0.416 e. The summed E-state index contributed by atoms with van der Waals surface area (Å²) in [6.45, 7) is 0.480. The van der Waals surface area contributed by atoms with Crippen molar-refractivity contribution < 1.29 is 31.8 Å². The van der Waals surface area contributed by atoms with E-state index in [2.05, 4.69) is 15.4 Å². The number of aromatic nitrogens is 3. The lowest BCUT2D eigenvalue weighted by Gasteiger charge is -2.10. The van der Waals surface area contributed by atoms with Gasteiger partial charge in [0.15, 0.2) is 5.82 Å². The Bertz CT molecular complexity index is 1320. The lowest BCUT2D eigenvalue weighted by atomic mass is 10.1. The number of methoxy groups -OCH3 is 1. The molecule has 0 aliphatic heterocycles. The standard InChI is InChI=1S/C25H20F4N4O3/c1-35-14-15-36-24-31-22(16-2-6-18(7-3-16)25(27,28)29)33(32-24)21-12-10-20(11-13-21)30-23(34)17-4-8-19(26)9-5-17/h2-13H,14-15H2,1H3,(H,30,34). The molecule has 11 heteroatoms. The summed E-state index contributed by atoms with van der Waals surface area (Å²) < 4.78 is 63.9. The first kappa shape index (κ1) is 24.9. The van der Waals surface area contributed by atoms with Crippen LogP contribution < -0.4 is 10.1 Å². The molecule has 0 unspecified atom stereocenters. The van der Waals surface area contributed by atoms with E-state index in [1.54, 1.807) is 24.3 Å². The van der Waals surface area contributed by atoms with Crippen LogP contribution in [0.15, 0.2) is 72.8 Å². The van der Waals surface area contributed by atoms with Gasteiger partial charge in [0.05, 0.1) is 17.9 Å². The van der Waals surface area contributed by atoms with Crippen LogP contribution in [0.1, 0.15) is 15.9 Å². The molecule has 0 saturated heterocycles. The van der Waals surface area contributed by atoms with E-state index in [4.69, 9.17) is 9.47 Å². The van der Waals surface area contributed by atoms with Crippen LogP contribution in [0, 0.1) is 5.82 Å². The number of rotatable bonds is 8. The highest BCUT2D eigenvalue weighted by Gasteiger charge is 2.30. The first-order valence-corrected chi connectivity index (χ1v) is 10.7. The zero-order valence-corrected chi connectivity index (χ0v) is 18.9. The van der Waals surface area contributed by atoms with E-state index >= 15 is 0 Å². The number of benzene rings is 3. The first-order chi connectivity index (χ1) is 17.2. The number of carbonyl (C=O) groups is 1. The number of amides is 1. The number of carbonyl (C=O) groups excluding carboxylic acids is 1. The lowest BCUT2D eigenvalue weighted by Crippen LogP contribution is -2.12. The SMILES string of the molecule is COCCOc1nc(-c2ccc(C(F)(F)F)cc2)n(-c2ccc(NC(=O)c3ccc(F)cc3)cc2)n1. The monoisotopic (exact) mass is 500 g/mol. The van der Waals surface area contributed by atoms with E-state index < -0.39 is 23.5 Å². The average molecular weight is 500 g/mol. The Hall–Kier alpha value is -4.25. The van der Waals surface area contributed by atoms with Gasteiger partial charge in [-0.25, -0.2) is 9.07 Å². The quantitative estimate of drug-likeness (QED) is 0.260. The third-order valence-corrected chi connectivity index (χ3v) is 5.05. The number of nitrogens with zero attached hydrogens (tertiary/aromatic N) is 3. The molecule has 1 amide bonds. The third-order valence-electron chi connectivity index (χ3n) is 5.05. The fourth-order valence-electron chi connectivity index (χ4n) is 3.24. The molecular weight excluding hydrogens is 480 g/mol. The molecule has 0 atom stereocenters. The molecule has 7 nitrogen and oxygen atoms in total. The molecule has 3 aromatic carbocycles. The molecule has 0 bridgehead atoms. The molecule has 1 heterocycles. The highest BCUT2D eigenvalue weighted by Crippen LogP contribution is 2.31. The van der Waals surface area contributed by atoms with Crippen LogP contribution in [0.3, 0.4) is 0 Å². The highest BCUT2D eigenvalue weighted by molar-refractivity contribution is 6.04. The predicted octanol–water partition coefficient (Wildman–Crippen LogP) is 5.37. The number of alkyl halides is 3. The van der Waals surface area contributed by atoms with Crippen molar-refractivity contribution in [3.63, 3.8) is 0 Å². The van der Waals surface area contributed by atoms with Gasteiger partial charge in [0.2, 0.25) is 0 Å². The molecule has 0 aliphatic carbocycles. The van der Waals surface area contributed by atoms with Crippen LogP contribution in [0.25, 0.3) is 17.1 Å². The Labute approximate surface area is 203 Å². The summed E-state index contributed by atoms with van der Waals surface area (Å²) in [5.74, 6) is -0.597. The molecule has 36 heavy (non-hydrogen) atoms. The van der Waals surface area contributed by atoms with Gasteiger partial charge in [-0.1, -0.05) is 12.1 Å². The normalized spacial score (nSPS) is 11.4. The summed E-state index contributed by atoms with van der Waals surface area (Å²) in [5, 5.41) is 7.04. The second-order valence-corrected chi connectivity index (χ2v) is 7.55. The third kappa shape index (κ3) is 5.87. The number of halogens is 4. The Morgan fingerprint density at radius 2 is 1.61 bits per heavy atom. The van der Waals surface area contributed by atoms with Crippen molar-refractivity contribution >= 4 is 11.6 Å². The number of nitrogens with one attached hydrogen (secondary N) is 1. The minimum absolute atomic E-state index is 0.0237. The molecule has 0 spiro atoms. The maximum absolute atomic E-state index is 13.1. The van der Waals surface area contributed by atoms with Crippen LogP contribution in [0.4, 0.5) is 23.2 Å². The van der Waals surface area contributed by atoms with Crippen molar-refractivity contribution in [2.24, 2.45) is 0 Å². The molecule has 0 aliphatic rings. The summed E-state index contributed by atoms with van der Waals surface area (Å²) in [6.07, 6.45) is -4.46. The molecule has 186 valence electrons. The molecule has 0 saturated carbocycles. The number of hydrogen-bond acceptors (Lipinski definition) is 5. The molecular formula is C25H20F4N4O3. The van der Waals surface area contributed by atoms with Gasteiger partial charge < -0.3 is 14.8 Å². The van der Waals surface area contributed by atoms with Crippen molar-refractivity contribution in [1.82, 2.24) is 14.8 Å². The van der Waals surface area contributed by atoms with Crippen LogP contribution >= 0.6 is 0 Å². The highest BCUT2D eigenvalue weighted by atomic mass is 19.4. The van der Waals surface area contributed by atoms with Gasteiger partial charge in [-0.15, -0.1) is 5.10 Å². The number of hydrogen-bond donors (Lipinski definition) is 1. The molecule has 4 aromatic rings. The second-order valence-electron chi connectivity index (χ2n) is 7.55. The van der Waals surface area contributed by atoms with Crippen LogP contribution in [-0.2, 0) is 10.9 Å². The zero-order valence-electron chi connectivity index (χ0n) is 18.9. The van der Waals surface area contributed by atoms with E-state index in [9.17, 15) is 22.4 Å². The van der Waals surface area contributed by atoms with E-state index in [0.717, 1.165) is 12.1 Å². The Morgan fingerprint density at radius 3 is 2.22 bits per heavy atom. The fraction of sp³-hybridized carbons (Fsp3) is 0.160. The van der Waals surface area contributed by atoms with Crippen molar-refractivity contribution in [2.75, 3.05) is 25.6 Å². The topological polar surface area (TPSA) is 78.3 Å². The van der Waals surface area contributed by atoms with E-state index in [-0.39, 0.29) is 18.4 Å². The van der Waals surface area contributed by atoms with Crippen molar-refractivity contribution in [2.45, 2.75) is 6.18 Å². The second kappa shape index (κ2) is 10.6. The predicted molar refractivity (Wildman–Crippen MR) is 124 cm³/mol. The van der Waals surface area contributed by atoms with Crippen LogP contribution in [0.5, 0.6) is 6.01 Å². The maximum atomic E-state index is 13.1. The minimum atomic E-state index is -4.46. The number of ether oxygens (including phenoxy) is 2. The van der Waals surface area contributed by atoms with E-state index in [1.807, 2.05) is 0 Å². The largest absolute Gasteiger partial charge is 0.460 e. The van der Waals surface area contributed by atoms with Gasteiger partial charge in [-0.3, -0.25) is 4.79 Å². The zero-order chi connectivity index (χ0) is 25.7. The van der Waals surface area contributed by atoms with Crippen molar-refractivity contribution in [1.29, 1.82) is 0 Å². The number of anilines is 1.